The van der Waals surface area contributed by atoms with Crippen molar-refractivity contribution in [2.75, 3.05) is 43.5 Å². The van der Waals surface area contributed by atoms with Crippen LogP contribution in [0.15, 0.2) is 12.1 Å². The molecule has 0 aromatic heterocycles. The van der Waals surface area contributed by atoms with Crippen molar-refractivity contribution < 1.29 is 19.1 Å². The molecule has 1 N–H and O–H groups in total. The maximum absolute atomic E-state index is 12.7. The molecular formula is C21H29BrN2O4. The summed E-state index contributed by atoms with van der Waals surface area (Å²) in [5, 5.41) is 3.20. The van der Waals surface area contributed by atoms with E-state index in [1.165, 1.54) is 6.42 Å². The van der Waals surface area contributed by atoms with Gasteiger partial charge < -0.3 is 14.8 Å². The molecule has 2 aliphatic rings. The van der Waals surface area contributed by atoms with Crippen molar-refractivity contribution in [2.45, 2.75) is 39.5 Å². The lowest BCUT2D eigenvalue weighted by molar-refractivity contribution is -0.131. The minimum absolute atomic E-state index is 0.000474. The number of piperidine rings is 1. The Labute approximate surface area is 175 Å². The topological polar surface area (TPSA) is 67.9 Å². The third-order valence-electron chi connectivity index (χ3n) is 5.77. The standard InChI is InChI=1S/C21H29BrN2O4/c1-15-10-17(28-19(26)12-22)11-16(2)20(15)23-18(25)13-24-7-3-4-21(14-24)5-8-27-9-6-21/h10-11H,3-9,12-14H2,1-2H3,(H,23,25). The number of carbonyl (C=O) groups is 2. The van der Waals surface area contributed by atoms with Gasteiger partial charge >= 0.3 is 5.97 Å². The Morgan fingerprint density at radius 2 is 1.89 bits per heavy atom. The summed E-state index contributed by atoms with van der Waals surface area (Å²) in [4.78, 5) is 26.4. The third kappa shape index (κ3) is 5.33. The van der Waals surface area contributed by atoms with Gasteiger partial charge in [0.05, 0.1) is 6.54 Å². The molecule has 2 heterocycles. The highest BCUT2D eigenvalue weighted by atomic mass is 79.9. The average molecular weight is 453 g/mol. The summed E-state index contributed by atoms with van der Waals surface area (Å²) in [6, 6.07) is 3.56. The zero-order valence-electron chi connectivity index (χ0n) is 16.7. The van der Waals surface area contributed by atoms with Crippen LogP contribution in [0.2, 0.25) is 0 Å². The number of hydrogen-bond acceptors (Lipinski definition) is 5. The molecule has 2 saturated heterocycles. The molecule has 28 heavy (non-hydrogen) atoms. The zero-order chi connectivity index (χ0) is 20.1. The SMILES string of the molecule is Cc1cc(OC(=O)CBr)cc(C)c1NC(=O)CN1CCCC2(CCOCC2)C1. The van der Waals surface area contributed by atoms with Crippen LogP contribution in [0.4, 0.5) is 5.69 Å². The molecule has 0 saturated carbocycles. The molecule has 0 unspecified atom stereocenters. The third-order valence-corrected chi connectivity index (χ3v) is 6.23. The Morgan fingerprint density at radius 3 is 2.54 bits per heavy atom. The van der Waals surface area contributed by atoms with Crippen LogP contribution in [-0.2, 0) is 14.3 Å². The number of hydrogen-bond donors (Lipinski definition) is 1. The van der Waals surface area contributed by atoms with Gasteiger partial charge in [0.2, 0.25) is 5.91 Å². The van der Waals surface area contributed by atoms with E-state index in [9.17, 15) is 9.59 Å². The average Bonchev–Trinajstić information content (AvgIpc) is 2.65. The number of aryl methyl sites for hydroxylation is 2. The van der Waals surface area contributed by atoms with Crippen LogP contribution < -0.4 is 10.1 Å². The lowest BCUT2D eigenvalue weighted by Crippen LogP contribution is -2.48. The lowest BCUT2D eigenvalue weighted by Gasteiger charge is -2.44. The summed E-state index contributed by atoms with van der Waals surface area (Å²) in [6.45, 7) is 7.84. The van der Waals surface area contributed by atoms with Crippen molar-refractivity contribution in [2.24, 2.45) is 5.41 Å². The monoisotopic (exact) mass is 452 g/mol. The normalized spacial score (nSPS) is 19.4. The van der Waals surface area contributed by atoms with Crippen molar-refractivity contribution in [3.8, 4) is 5.75 Å². The van der Waals surface area contributed by atoms with Crippen LogP contribution in [0.5, 0.6) is 5.75 Å². The molecule has 0 radical (unpaired) electrons. The van der Waals surface area contributed by atoms with Gasteiger partial charge in [0, 0.05) is 25.4 Å². The Hall–Kier alpha value is -1.44. The smallest absolute Gasteiger partial charge is 0.321 e. The highest BCUT2D eigenvalue weighted by molar-refractivity contribution is 9.09. The van der Waals surface area contributed by atoms with E-state index in [-0.39, 0.29) is 17.2 Å². The van der Waals surface area contributed by atoms with Crippen LogP contribution in [0.25, 0.3) is 0 Å². The number of alkyl halides is 1. The summed E-state index contributed by atoms with van der Waals surface area (Å²) in [5.41, 5.74) is 2.88. The molecule has 0 aliphatic carbocycles. The maximum atomic E-state index is 12.7. The van der Waals surface area contributed by atoms with Gasteiger partial charge in [-0.3, -0.25) is 14.5 Å². The Balaban J connectivity index is 1.60. The number of rotatable bonds is 5. The fourth-order valence-electron chi connectivity index (χ4n) is 4.38. The first-order valence-electron chi connectivity index (χ1n) is 9.89. The van der Waals surface area contributed by atoms with E-state index in [0.717, 1.165) is 62.4 Å². The summed E-state index contributed by atoms with van der Waals surface area (Å²) in [7, 11) is 0. The highest BCUT2D eigenvalue weighted by Crippen LogP contribution is 2.39. The fraction of sp³-hybridized carbons (Fsp3) is 0.619. The van der Waals surface area contributed by atoms with E-state index in [0.29, 0.717) is 17.7 Å². The van der Waals surface area contributed by atoms with Gasteiger partial charge in [0.25, 0.3) is 0 Å². The molecule has 3 rings (SSSR count). The molecule has 7 heteroatoms. The van der Waals surface area contributed by atoms with Gasteiger partial charge in [-0.2, -0.15) is 0 Å². The number of ether oxygens (including phenoxy) is 2. The number of anilines is 1. The van der Waals surface area contributed by atoms with Gasteiger partial charge in [0.1, 0.15) is 11.1 Å². The molecule has 0 atom stereocenters. The van der Waals surface area contributed by atoms with Gasteiger partial charge in [-0.25, -0.2) is 0 Å². The van der Waals surface area contributed by atoms with Crippen LogP contribution in [0.3, 0.4) is 0 Å². The van der Waals surface area contributed by atoms with Crippen molar-refractivity contribution in [1.82, 2.24) is 4.90 Å². The highest BCUT2D eigenvalue weighted by Gasteiger charge is 2.37. The van der Waals surface area contributed by atoms with Crippen LogP contribution in [-0.4, -0.2) is 55.0 Å². The Morgan fingerprint density at radius 1 is 1.21 bits per heavy atom. The number of halogens is 1. The van der Waals surface area contributed by atoms with E-state index >= 15 is 0 Å². The van der Waals surface area contributed by atoms with Gasteiger partial charge in [-0.15, -0.1) is 0 Å². The van der Waals surface area contributed by atoms with Gasteiger partial charge in [-0.05, 0) is 74.8 Å². The zero-order valence-corrected chi connectivity index (χ0v) is 18.3. The summed E-state index contributed by atoms with van der Waals surface area (Å²) in [6.07, 6.45) is 4.57. The van der Waals surface area contributed by atoms with Crippen molar-refractivity contribution in [3.63, 3.8) is 0 Å². The predicted molar refractivity (Wildman–Crippen MR) is 112 cm³/mol. The molecule has 1 amide bonds. The predicted octanol–water partition coefficient (Wildman–Crippen LogP) is 3.43. The maximum Gasteiger partial charge on any atom is 0.321 e. The second-order valence-electron chi connectivity index (χ2n) is 8.01. The molecular weight excluding hydrogens is 424 g/mol. The second-order valence-corrected chi connectivity index (χ2v) is 8.58. The molecule has 1 spiro atoms. The summed E-state index contributed by atoms with van der Waals surface area (Å²) < 4.78 is 10.8. The van der Waals surface area contributed by atoms with Gasteiger partial charge in [-0.1, -0.05) is 15.9 Å². The first-order valence-corrected chi connectivity index (χ1v) is 11.0. The molecule has 2 aliphatic heterocycles. The van der Waals surface area contributed by atoms with E-state index in [2.05, 4.69) is 26.1 Å². The molecule has 154 valence electrons. The summed E-state index contributed by atoms with van der Waals surface area (Å²) >= 11 is 3.09. The van der Waals surface area contributed by atoms with E-state index in [1.807, 2.05) is 13.8 Å². The van der Waals surface area contributed by atoms with Crippen molar-refractivity contribution in [1.29, 1.82) is 0 Å². The van der Waals surface area contributed by atoms with Crippen LogP contribution in [0.1, 0.15) is 36.8 Å². The fourth-order valence-corrected chi connectivity index (χ4v) is 4.49. The van der Waals surface area contributed by atoms with E-state index in [1.54, 1.807) is 12.1 Å². The second kappa shape index (κ2) is 9.37. The minimum atomic E-state index is -0.345. The Bertz CT molecular complexity index is 703. The number of esters is 1. The van der Waals surface area contributed by atoms with Crippen molar-refractivity contribution >= 4 is 33.5 Å². The van der Waals surface area contributed by atoms with E-state index in [4.69, 9.17) is 9.47 Å². The first-order chi connectivity index (χ1) is 13.4. The Kier molecular flexibility index (Phi) is 7.12. The minimum Gasteiger partial charge on any atom is -0.426 e. The molecule has 1 aromatic carbocycles. The largest absolute Gasteiger partial charge is 0.426 e. The quantitative estimate of drug-likeness (QED) is 0.421. The molecule has 6 nitrogen and oxygen atoms in total. The van der Waals surface area contributed by atoms with E-state index < -0.39 is 0 Å². The lowest BCUT2D eigenvalue weighted by atomic mass is 9.74. The molecule has 1 aromatic rings. The number of benzene rings is 1. The number of carbonyl (C=O) groups excluding carboxylic acids is 2. The molecule has 2 fully saturated rings. The number of likely N-dealkylation sites (tertiary alicyclic amines) is 1. The summed E-state index contributed by atoms with van der Waals surface area (Å²) in [5.74, 6) is 0.151. The van der Waals surface area contributed by atoms with Crippen molar-refractivity contribution in [3.05, 3.63) is 23.3 Å². The van der Waals surface area contributed by atoms with Crippen LogP contribution >= 0.6 is 15.9 Å². The molecule has 0 bridgehead atoms. The van der Waals surface area contributed by atoms with Crippen LogP contribution in [0, 0.1) is 19.3 Å². The number of amides is 1. The first kappa shape index (κ1) is 21.3. The van der Waals surface area contributed by atoms with Gasteiger partial charge in [0.15, 0.2) is 0 Å². The number of nitrogens with zero attached hydrogens (tertiary/aromatic N) is 1. The number of nitrogens with one attached hydrogen (secondary N) is 1.